The van der Waals surface area contributed by atoms with Crippen molar-refractivity contribution in [2.24, 2.45) is 0 Å². The SMILES string of the molecule is CC1=Cc2c(cc3c(c2-c2ccccc2)CCC3)C1[Si](C)(C)C1C(C)=Cc2c1cc1c(c2-c2ccccc2)CCC1. The maximum atomic E-state index is 2.70. The molecule has 4 aromatic carbocycles. The summed E-state index contributed by atoms with van der Waals surface area (Å²) in [4.78, 5) is 0. The van der Waals surface area contributed by atoms with E-state index >= 15 is 0 Å². The second-order valence-electron chi connectivity index (χ2n) is 13.7. The predicted octanol–water partition coefficient (Wildman–Crippen LogP) is 10.5. The van der Waals surface area contributed by atoms with Gasteiger partial charge in [-0.3, -0.25) is 0 Å². The fourth-order valence-corrected chi connectivity index (χ4v) is 14.4. The van der Waals surface area contributed by atoms with E-state index in [1.807, 2.05) is 0 Å². The summed E-state index contributed by atoms with van der Waals surface area (Å²) in [5.74, 6) is 0. The van der Waals surface area contributed by atoms with Crippen molar-refractivity contribution >= 4 is 20.2 Å². The van der Waals surface area contributed by atoms with Crippen molar-refractivity contribution in [1.82, 2.24) is 0 Å². The molecule has 0 bridgehead atoms. The Labute approximate surface area is 246 Å². The molecule has 0 saturated heterocycles. The molecule has 0 spiro atoms. The Balaban J connectivity index is 1.30. The van der Waals surface area contributed by atoms with Crippen LogP contribution >= 0.6 is 0 Å². The number of hydrogen-bond acceptors (Lipinski definition) is 0. The van der Waals surface area contributed by atoms with E-state index in [0.29, 0.717) is 11.1 Å². The topological polar surface area (TPSA) is 0 Å². The molecule has 1 heteroatoms. The van der Waals surface area contributed by atoms with Crippen LogP contribution < -0.4 is 0 Å². The van der Waals surface area contributed by atoms with Gasteiger partial charge < -0.3 is 0 Å². The summed E-state index contributed by atoms with van der Waals surface area (Å²) in [5, 5.41) is 0. The van der Waals surface area contributed by atoms with Gasteiger partial charge in [0, 0.05) is 11.1 Å². The monoisotopic (exact) mass is 548 g/mol. The summed E-state index contributed by atoms with van der Waals surface area (Å²) < 4.78 is 0. The van der Waals surface area contributed by atoms with Gasteiger partial charge in [-0.05, 0) is 119 Å². The average Bonchev–Trinajstić information content (AvgIpc) is 3.75. The lowest BCUT2D eigenvalue weighted by atomic mass is 9.89. The van der Waals surface area contributed by atoms with Gasteiger partial charge in [-0.25, -0.2) is 0 Å². The van der Waals surface area contributed by atoms with Crippen LogP contribution in [0.3, 0.4) is 0 Å². The van der Waals surface area contributed by atoms with Crippen molar-refractivity contribution in [3.63, 3.8) is 0 Å². The first-order valence-electron chi connectivity index (χ1n) is 15.8. The molecule has 0 N–H and O–H groups in total. The van der Waals surface area contributed by atoms with E-state index in [1.54, 1.807) is 44.5 Å². The van der Waals surface area contributed by atoms with Gasteiger partial charge in [-0.1, -0.05) is 109 Å². The number of fused-ring (bicyclic) bond motifs is 4. The molecule has 41 heavy (non-hydrogen) atoms. The van der Waals surface area contributed by atoms with E-state index in [-0.39, 0.29) is 0 Å². The molecular weight excluding hydrogens is 509 g/mol. The van der Waals surface area contributed by atoms with Gasteiger partial charge in [0.15, 0.2) is 0 Å². The molecule has 8 rings (SSSR count). The zero-order valence-electron chi connectivity index (χ0n) is 25.0. The Morgan fingerprint density at radius 3 is 1.39 bits per heavy atom. The van der Waals surface area contributed by atoms with Crippen LogP contribution in [-0.4, -0.2) is 8.07 Å². The third-order valence-corrected chi connectivity index (χ3v) is 15.3. The maximum absolute atomic E-state index is 2.70. The smallest absolute Gasteiger partial charge is 0.0679 e. The molecule has 2 atom stereocenters. The number of aryl methyl sites for hydroxylation is 2. The molecule has 204 valence electrons. The van der Waals surface area contributed by atoms with E-state index in [0.717, 1.165) is 0 Å². The lowest BCUT2D eigenvalue weighted by molar-refractivity contribution is 0.910. The van der Waals surface area contributed by atoms with Crippen LogP contribution in [0.15, 0.2) is 83.9 Å². The van der Waals surface area contributed by atoms with E-state index in [4.69, 9.17) is 0 Å². The molecule has 0 fully saturated rings. The molecule has 0 heterocycles. The normalized spacial score (nSPS) is 20.4. The summed E-state index contributed by atoms with van der Waals surface area (Å²) in [6, 6.07) is 27.8. The van der Waals surface area contributed by atoms with E-state index < -0.39 is 8.07 Å². The summed E-state index contributed by atoms with van der Waals surface area (Å²) in [6.07, 6.45) is 12.6. The Morgan fingerprint density at radius 2 is 0.976 bits per heavy atom. The molecule has 0 aliphatic heterocycles. The molecule has 4 aliphatic carbocycles. The van der Waals surface area contributed by atoms with E-state index in [9.17, 15) is 0 Å². The van der Waals surface area contributed by atoms with Crippen LogP contribution in [-0.2, 0) is 25.7 Å². The van der Waals surface area contributed by atoms with Gasteiger partial charge in [-0.2, -0.15) is 0 Å². The molecule has 0 radical (unpaired) electrons. The molecule has 4 aromatic rings. The van der Waals surface area contributed by atoms with Crippen LogP contribution in [0, 0.1) is 0 Å². The minimum absolute atomic E-state index is 0.540. The minimum Gasteiger partial charge on any atom is -0.0679 e. The van der Waals surface area contributed by atoms with Crippen LogP contribution in [0.5, 0.6) is 0 Å². The first-order valence-corrected chi connectivity index (χ1v) is 18.9. The Kier molecular flexibility index (Phi) is 5.74. The Bertz CT molecular complexity index is 1640. The maximum Gasteiger partial charge on any atom is 0.0722 e. The predicted molar refractivity (Wildman–Crippen MR) is 178 cm³/mol. The highest BCUT2D eigenvalue weighted by Crippen LogP contribution is 2.56. The quantitative estimate of drug-likeness (QED) is 0.223. The van der Waals surface area contributed by atoms with Gasteiger partial charge >= 0.3 is 0 Å². The van der Waals surface area contributed by atoms with Crippen molar-refractivity contribution in [3.05, 3.63) is 128 Å². The highest BCUT2D eigenvalue weighted by atomic mass is 28.3. The standard InChI is InChI=1S/C40H40Si/c1-25-21-33-35(23-29-17-11-19-31(29)37(33)27-13-7-5-8-14-27)39(25)41(3,4)40-26(2)22-34-36(40)24-30-18-12-20-32(30)38(34)28-15-9-6-10-16-28/h5-10,13-16,21-24,39-40H,11-12,17-20H2,1-4H3. The van der Waals surface area contributed by atoms with Crippen LogP contribution in [0.25, 0.3) is 34.4 Å². The lowest BCUT2D eigenvalue weighted by Gasteiger charge is -2.39. The third kappa shape index (κ3) is 3.71. The minimum atomic E-state index is -1.92. The number of allylic oxidation sites excluding steroid dienone is 2. The van der Waals surface area contributed by atoms with Crippen LogP contribution in [0.2, 0.25) is 13.1 Å². The van der Waals surface area contributed by atoms with E-state index in [1.165, 1.54) is 71.9 Å². The highest BCUT2D eigenvalue weighted by molar-refractivity contribution is 6.81. The summed E-state index contributed by atoms with van der Waals surface area (Å²) >= 11 is 0. The van der Waals surface area contributed by atoms with Gasteiger partial charge in [-0.15, -0.1) is 0 Å². The Morgan fingerprint density at radius 1 is 0.561 bits per heavy atom. The van der Waals surface area contributed by atoms with E-state index in [2.05, 4.69) is 112 Å². The van der Waals surface area contributed by atoms with Crippen molar-refractivity contribution < 1.29 is 0 Å². The fourth-order valence-electron chi connectivity index (χ4n) is 9.48. The number of hydrogen-bond donors (Lipinski definition) is 0. The molecular formula is C40H40Si. The molecule has 0 aromatic heterocycles. The molecule has 0 saturated carbocycles. The molecule has 0 nitrogen and oxygen atoms in total. The summed E-state index contributed by atoms with van der Waals surface area (Å²) in [6.45, 7) is 10.3. The summed E-state index contributed by atoms with van der Waals surface area (Å²) in [5.41, 5.74) is 22.9. The average molecular weight is 549 g/mol. The lowest BCUT2D eigenvalue weighted by Crippen LogP contribution is -2.42. The van der Waals surface area contributed by atoms with Gasteiger partial charge in [0.1, 0.15) is 0 Å². The van der Waals surface area contributed by atoms with Crippen molar-refractivity contribution in [1.29, 1.82) is 0 Å². The second-order valence-corrected chi connectivity index (χ2v) is 18.5. The zero-order chi connectivity index (χ0) is 27.9. The first-order chi connectivity index (χ1) is 19.9. The highest BCUT2D eigenvalue weighted by Gasteiger charge is 2.48. The van der Waals surface area contributed by atoms with Crippen molar-refractivity contribution in [2.45, 2.75) is 76.5 Å². The fraction of sp³-hybridized carbons (Fsp3) is 0.300. The van der Waals surface area contributed by atoms with Crippen molar-refractivity contribution in [2.75, 3.05) is 0 Å². The first kappa shape index (κ1) is 25.3. The van der Waals surface area contributed by atoms with Gasteiger partial charge in [0.05, 0.1) is 8.07 Å². The number of rotatable bonds is 4. The van der Waals surface area contributed by atoms with Crippen LogP contribution in [0.4, 0.5) is 0 Å². The van der Waals surface area contributed by atoms with Gasteiger partial charge in [0.25, 0.3) is 0 Å². The molecule has 4 aliphatic rings. The third-order valence-electron chi connectivity index (χ3n) is 10.8. The molecule has 2 unspecified atom stereocenters. The summed E-state index contributed by atoms with van der Waals surface area (Å²) in [7, 11) is -1.92. The Hall–Kier alpha value is -3.42. The molecule has 0 amide bonds. The largest absolute Gasteiger partial charge is 0.0722 e. The second kappa shape index (κ2) is 9.29. The zero-order valence-corrected chi connectivity index (χ0v) is 26.0. The number of benzene rings is 4. The van der Waals surface area contributed by atoms with Gasteiger partial charge in [0.2, 0.25) is 0 Å². The van der Waals surface area contributed by atoms with Crippen LogP contribution in [0.1, 0.15) is 82.3 Å². The van der Waals surface area contributed by atoms with Crippen molar-refractivity contribution in [3.8, 4) is 22.3 Å².